The summed E-state index contributed by atoms with van der Waals surface area (Å²) < 4.78 is 5.49. The van der Waals surface area contributed by atoms with Crippen LogP contribution in [0.3, 0.4) is 0 Å². The minimum Gasteiger partial charge on any atom is -0.450 e. The van der Waals surface area contributed by atoms with Crippen molar-refractivity contribution in [2.75, 3.05) is 34.3 Å². The van der Waals surface area contributed by atoms with Crippen LogP contribution in [0, 0.1) is 5.92 Å². The standard InChI is InChI=1S/C22H27N5O3/c1-5-30-22(29)24-15-10-11-16-17-8-6-7-9-19(17)25-20(18(16)12-15)13-23-26-21(28)14-27(2,3)4/h6-13,18,23H,5,14H2,1-4H3,(H-,24,26,28,29)/p+1/b20-13-. The first-order chi connectivity index (χ1) is 14.3. The van der Waals surface area contributed by atoms with Crippen LogP contribution in [0.4, 0.5) is 4.79 Å². The fraction of sp³-hybridized carbons (Fsp3) is 0.318. The number of ether oxygens (including phenoxy) is 1. The number of fused-ring (bicyclic) bond motifs is 2. The highest BCUT2D eigenvalue weighted by molar-refractivity contribution is 5.77. The van der Waals surface area contributed by atoms with Crippen LogP contribution in [0.15, 0.2) is 65.1 Å². The molecule has 1 unspecified atom stereocenters. The van der Waals surface area contributed by atoms with E-state index in [1.54, 1.807) is 13.1 Å². The Labute approximate surface area is 175 Å². The first-order valence-electron chi connectivity index (χ1n) is 9.83. The van der Waals surface area contributed by atoms with Crippen molar-refractivity contribution in [2.24, 2.45) is 10.9 Å². The highest BCUT2D eigenvalue weighted by Gasteiger charge is 2.24. The molecule has 8 heteroatoms. The summed E-state index contributed by atoms with van der Waals surface area (Å²) in [5, 5.41) is 4.63. The lowest BCUT2D eigenvalue weighted by Gasteiger charge is -2.24. The summed E-state index contributed by atoms with van der Waals surface area (Å²) in [5.41, 5.74) is 7.99. The molecule has 0 spiro atoms. The van der Waals surface area contributed by atoms with Crippen molar-refractivity contribution in [2.45, 2.75) is 6.92 Å². The van der Waals surface area contributed by atoms with Crippen LogP contribution < -0.4 is 26.7 Å². The Kier molecular flexibility index (Phi) is 6.37. The molecule has 8 nitrogen and oxygen atoms in total. The molecule has 158 valence electrons. The molecule has 3 rings (SSSR count). The van der Waals surface area contributed by atoms with E-state index >= 15 is 0 Å². The highest BCUT2D eigenvalue weighted by Crippen LogP contribution is 2.29. The molecular formula is C22H28N5O3+. The minimum absolute atomic E-state index is 0.122. The quantitative estimate of drug-likeness (QED) is 0.469. The van der Waals surface area contributed by atoms with Gasteiger partial charge in [0.2, 0.25) is 0 Å². The maximum atomic E-state index is 12.1. The predicted octanol–water partition coefficient (Wildman–Crippen LogP) is 0.455. The number of hydrazine groups is 1. The van der Waals surface area contributed by atoms with Gasteiger partial charge in [-0.3, -0.25) is 20.5 Å². The lowest BCUT2D eigenvalue weighted by molar-refractivity contribution is -0.862. The molecule has 30 heavy (non-hydrogen) atoms. The summed E-state index contributed by atoms with van der Waals surface area (Å²) >= 11 is 0. The van der Waals surface area contributed by atoms with Crippen molar-refractivity contribution in [3.05, 3.63) is 70.7 Å². The molecule has 2 amide bonds. The molecule has 1 aromatic carbocycles. The van der Waals surface area contributed by atoms with Crippen molar-refractivity contribution >= 4 is 17.6 Å². The molecular weight excluding hydrogens is 382 g/mol. The number of para-hydroxylation sites is 1. The summed E-state index contributed by atoms with van der Waals surface area (Å²) in [6, 6.07) is 7.88. The number of hydrogen-bond acceptors (Lipinski definition) is 5. The predicted molar refractivity (Wildman–Crippen MR) is 114 cm³/mol. The Hall–Kier alpha value is -3.39. The van der Waals surface area contributed by atoms with Gasteiger partial charge in [-0.15, -0.1) is 0 Å². The van der Waals surface area contributed by atoms with Crippen LogP contribution in [-0.4, -0.2) is 50.8 Å². The SMILES string of the molecule is CCOC(=O)NC1=CC2C(=c3ccccc3=N/C2=C\NNC(=O)C[N+](C)(C)C)C=C1. The fourth-order valence-corrected chi connectivity index (χ4v) is 3.29. The second-order valence-corrected chi connectivity index (χ2v) is 8.07. The number of amides is 2. The molecule has 3 N–H and O–H groups in total. The Balaban J connectivity index is 1.86. The van der Waals surface area contributed by atoms with Gasteiger partial charge in [0, 0.05) is 23.0 Å². The maximum absolute atomic E-state index is 12.1. The largest absolute Gasteiger partial charge is 0.450 e. The van der Waals surface area contributed by atoms with Gasteiger partial charge in [0.15, 0.2) is 6.54 Å². The van der Waals surface area contributed by atoms with Gasteiger partial charge in [-0.05, 0) is 30.7 Å². The third-order valence-corrected chi connectivity index (χ3v) is 4.48. The molecule has 1 atom stereocenters. The number of nitrogens with zero attached hydrogens (tertiary/aromatic N) is 2. The van der Waals surface area contributed by atoms with E-state index < -0.39 is 6.09 Å². The number of quaternary nitrogens is 1. The first-order valence-corrected chi connectivity index (χ1v) is 9.83. The van der Waals surface area contributed by atoms with Gasteiger partial charge in [0.25, 0.3) is 5.91 Å². The van der Waals surface area contributed by atoms with E-state index in [0.717, 1.165) is 21.8 Å². The normalized spacial score (nSPS) is 18.5. The summed E-state index contributed by atoms with van der Waals surface area (Å²) in [6.45, 7) is 2.40. The van der Waals surface area contributed by atoms with E-state index in [0.29, 0.717) is 23.3 Å². The van der Waals surface area contributed by atoms with E-state index in [1.165, 1.54) is 0 Å². The van der Waals surface area contributed by atoms with Crippen molar-refractivity contribution in [1.29, 1.82) is 0 Å². The number of allylic oxidation sites excluding steroid dienone is 3. The van der Waals surface area contributed by atoms with Crippen molar-refractivity contribution < 1.29 is 18.8 Å². The average molecular weight is 410 g/mol. The summed E-state index contributed by atoms with van der Waals surface area (Å²) in [4.78, 5) is 28.6. The third-order valence-electron chi connectivity index (χ3n) is 4.48. The Morgan fingerprint density at radius 2 is 1.97 bits per heavy atom. The lowest BCUT2D eigenvalue weighted by Crippen LogP contribution is -2.47. The molecule has 1 aliphatic carbocycles. The second-order valence-electron chi connectivity index (χ2n) is 8.07. The molecule has 1 heterocycles. The van der Waals surface area contributed by atoms with Gasteiger partial charge >= 0.3 is 6.09 Å². The van der Waals surface area contributed by atoms with E-state index in [9.17, 15) is 9.59 Å². The van der Waals surface area contributed by atoms with Crippen LogP contribution >= 0.6 is 0 Å². The van der Waals surface area contributed by atoms with Gasteiger partial charge in [-0.1, -0.05) is 24.3 Å². The molecule has 0 saturated carbocycles. The second kappa shape index (κ2) is 8.96. The Morgan fingerprint density at radius 3 is 2.70 bits per heavy atom. The molecule has 2 aliphatic rings. The fourth-order valence-electron chi connectivity index (χ4n) is 3.29. The minimum atomic E-state index is -0.499. The zero-order chi connectivity index (χ0) is 21.7. The van der Waals surface area contributed by atoms with Crippen molar-refractivity contribution in [3.63, 3.8) is 0 Å². The summed E-state index contributed by atoms with van der Waals surface area (Å²) in [5.74, 6) is -0.298. The van der Waals surface area contributed by atoms with Gasteiger partial charge in [0.05, 0.1) is 38.8 Å². The van der Waals surface area contributed by atoms with E-state index in [1.807, 2.05) is 63.6 Å². The van der Waals surface area contributed by atoms with Gasteiger partial charge < -0.3 is 14.6 Å². The van der Waals surface area contributed by atoms with Crippen LogP contribution in [0.25, 0.3) is 5.57 Å². The Morgan fingerprint density at radius 1 is 1.20 bits per heavy atom. The number of hydrogen-bond donors (Lipinski definition) is 3. The zero-order valence-electron chi connectivity index (χ0n) is 17.7. The lowest BCUT2D eigenvalue weighted by atomic mass is 9.87. The van der Waals surface area contributed by atoms with E-state index in [4.69, 9.17) is 9.73 Å². The van der Waals surface area contributed by atoms with Crippen LogP contribution in [-0.2, 0) is 9.53 Å². The maximum Gasteiger partial charge on any atom is 0.411 e. The van der Waals surface area contributed by atoms with Gasteiger partial charge in [-0.2, -0.15) is 0 Å². The van der Waals surface area contributed by atoms with E-state index in [-0.39, 0.29) is 11.8 Å². The van der Waals surface area contributed by atoms with Crippen LogP contribution in [0.2, 0.25) is 0 Å². The van der Waals surface area contributed by atoms with Crippen molar-refractivity contribution in [1.82, 2.24) is 16.2 Å². The molecule has 1 aliphatic heterocycles. The number of alkyl carbamates (subject to hydrolysis) is 1. The molecule has 0 radical (unpaired) electrons. The molecule has 0 saturated heterocycles. The Bertz CT molecular complexity index is 1050. The van der Waals surface area contributed by atoms with Crippen LogP contribution in [0.1, 0.15) is 6.92 Å². The topological polar surface area (TPSA) is 91.8 Å². The number of rotatable bonds is 6. The number of carbonyl (C=O) groups is 2. The first kappa shape index (κ1) is 21.3. The average Bonchev–Trinajstić information content (AvgIpc) is 2.66. The van der Waals surface area contributed by atoms with Gasteiger partial charge in [0.1, 0.15) is 0 Å². The van der Waals surface area contributed by atoms with Gasteiger partial charge in [-0.25, -0.2) is 4.79 Å². The smallest absolute Gasteiger partial charge is 0.411 e. The molecule has 0 bridgehead atoms. The molecule has 0 fully saturated rings. The number of nitrogens with one attached hydrogen (secondary N) is 3. The number of carbonyl (C=O) groups excluding carboxylic acids is 2. The molecule has 1 aromatic rings. The summed E-state index contributed by atoms with van der Waals surface area (Å²) in [7, 11) is 5.84. The third kappa shape index (κ3) is 5.36. The highest BCUT2D eigenvalue weighted by atomic mass is 16.5. The van der Waals surface area contributed by atoms with E-state index in [2.05, 4.69) is 16.2 Å². The monoisotopic (exact) mass is 410 g/mol. The summed E-state index contributed by atoms with van der Waals surface area (Å²) in [6.07, 6.45) is 6.93. The number of benzene rings is 1. The molecule has 0 aromatic heterocycles. The van der Waals surface area contributed by atoms with Crippen molar-refractivity contribution in [3.8, 4) is 0 Å². The van der Waals surface area contributed by atoms with Crippen LogP contribution in [0.5, 0.6) is 0 Å². The zero-order valence-corrected chi connectivity index (χ0v) is 17.7. The number of likely N-dealkylation sites (N-methyl/N-ethyl adjacent to an activating group) is 1.